The highest BCUT2D eigenvalue weighted by molar-refractivity contribution is 5.96. The molecule has 25 heavy (non-hydrogen) atoms. The Morgan fingerprint density at radius 2 is 2.12 bits per heavy atom. The zero-order valence-corrected chi connectivity index (χ0v) is 14.1. The fraction of sp³-hybridized carbons (Fsp3) is 0.294. The highest BCUT2D eigenvalue weighted by Crippen LogP contribution is 2.28. The molecule has 2 N–H and O–H groups in total. The fourth-order valence-electron chi connectivity index (χ4n) is 2.64. The molecule has 0 fully saturated rings. The number of aryl methyl sites for hydroxylation is 1. The monoisotopic (exact) mass is 343 g/mol. The van der Waals surface area contributed by atoms with E-state index in [1.165, 1.54) is 22.8 Å². The van der Waals surface area contributed by atoms with Crippen molar-refractivity contribution in [1.82, 2.24) is 25.1 Å². The van der Waals surface area contributed by atoms with Crippen LogP contribution in [0.25, 0.3) is 16.6 Å². The molecule has 8 heteroatoms. The van der Waals surface area contributed by atoms with E-state index in [-0.39, 0.29) is 17.4 Å². The lowest BCUT2D eigenvalue weighted by atomic mass is 10.0. The second-order valence-electron chi connectivity index (χ2n) is 6.27. The molecule has 0 saturated carbocycles. The Hall–Kier alpha value is -3.03. The maximum absolute atomic E-state index is 14.1. The van der Waals surface area contributed by atoms with Crippen molar-refractivity contribution in [3.8, 4) is 11.1 Å². The summed E-state index contributed by atoms with van der Waals surface area (Å²) in [6.45, 7) is 6.17. The summed E-state index contributed by atoms with van der Waals surface area (Å²) < 4.78 is 15.3. The van der Waals surface area contributed by atoms with Gasteiger partial charge in [0, 0.05) is 17.7 Å². The lowest BCUT2D eigenvalue weighted by Gasteiger charge is -2.09. The number of rotatable bonds is 4. The summed E-state index contributed by atoms with van der Waals surface area (Å²) in [6.07, 6.45) is 1.44. The van der Waals surface area contributed by atoms with E-state index in [0.717, 1.165) is 0 Å². The molecule has 130 valence electrons. The van der Waals surface area contributed by atoms with Gasteiger partial charge < -0.3 is 5.32 Å². The Morgan fingerprint density at radius 1 is 1.36 bits per heavy atom. The highest BCUT2D eigenvalue weighted by Gasteiger charge is 2.17. The summed E-state index contributed by atoms with van der Waals surface area (Å²) in [5.74, 6) is -0.597. The summed E-state index contributed by atoms with van der Waals surface area (Å²) >= 11 is 0. The van der Waals surface area contributed by atoms with Crippen LogP contribution in [0.15, 0.2) is 29.2 Å². The van der Waals surface area contributed by atoms with E-state index in [1.807, 2.05) is 13.8 Å². The lowest BCUT2D eigenvalue weighted by molar-refractivity contribution is 0.0948. The van der Waals surface area contributed by atoms with Gasteiger partial charge in [-0.15, -0.1) is 0 Å². The molecule has 2 aromatic heterocycles. The third-order valence-corrected chi connectivity index (χ3v) is 3.76. The lowest BCUT2D eigenvalue weighted by Crippen LogP contribution is -2.27. The standard InChI is InChI=1S/C17H18FN5O2/c1-9(2)7-19-16(24)12-4-11(5-13(18)6-12)15-10(3)22-23-14(15)8-20-21-17(23)25/h4-6,8-9H,7H2,1-3H3,(H,19,24)(H,21,25). The molecule has 0 radical (unpaired) electrons. The first-order valence-electron chi connectivity index (χ1n) is 7.89. The molecule has 1 amide bonds. The van der Waals surface area contributed by atoms with Gasteiger partial charge >= 0.3 is 5.69 Å². The second kappa shape index (κ2) is 6.46. The van der Waals surface area contributed by atoms with Gasteiger partial charge in [0.1, 0.15) is 11.3 Å². The van der Waals surface area contributed by atoms with Crippen LogP contribution in [-0.2, 0) is 0 Å². The minimum absolute atomic E-state index is 0.215. The summed E-state index contributed by atoms with van der Waals surface area (Å²) in [7, 11) is 0. The maximum Gasteiger partial charge on any atom is 0.363 e. The molecule has 0 aliphatic heterocycles. The number of hydrogen-bond donors (Lipinski definition) is 2. The van der Waals surface area contributed by atoms with Crippen LogP contribution in [0.2, 0.25) is 0 Å². The Kier molecular flexibility index (Phi) is 4.35. The molecular formula is C17H18FN5O2. The van der Waals surface area contributed by atoms with E-state index >= 15 is 0 Å². The molecule has 0 atom stereocenters. The van der Waals surface area contributed by atoms with Gasteiger partial charge in [-0.25, -0.2) is 14.3 Å². The van der Waals surface area contributed by atoms with Crippen LogP contribution in [-0.4, -0.2) is 32.3 Å². The average molecular weight is 343 g/mol. The number of carbonyl (C=O) groups is 1. The van der Waals surface area contributed by atoms with Crippen molar-refractivity contribution in [2.45, 2.75) is 20.8 Å². The Balaban J connectivity index is 2.10. The van der Waals surface area contributed by atoms with Crippen LogP contribution in [0.1, 0.15) is 29.9 Å². The van der Waals surface area contributed by atoms with Gasteiger partial charge in [0.15, 0.2) is 0 Å². The molecule has 0 saturated heterocycles. The first kappa shape index (κ1) is 16.8. The molecule has 0 aliphatic rings. The number of carbonyl (C=O) groups excluding carboxylic acids is 1. The van der Waals surface area contributed by atoms with Crippen molar-refractivity contribution in [2.75, 3.05) is 6.54 Å². The minimum atomic E-state index is -0.538. The molecule has 3 rings (SSSR count). The van der Waals surface area contributed by atoms with E-state index in [9.17, 15) is 14.0 Å². The number of nitrogens with zero attached hydrogens (tertiary/aromatic N) is 3. The zero-order valence-electron chi connectivity index (χ0n) is 14.1. The molecule has 0 bridgehead atoms. The fourth-order valence-corrected chi connectivity index (χ4v) is 2.64. The molecule has 3 aromatic rings. The van der Waals surface area contributed by atoms with Crippen molar-refractivity contribution in [3.63, 3.8) is 0 Å². The predicted molar refractivity (Wildman–Crippen MR) is 90.9 cm³/mol. The topological polar surface area (TPSA) is 92.2 Å². The van der Waals surface area contributed by atoms with Crippen molar-refractivity contribution < 1.29 is 9.18 Å². The molecule has 7 nitrogen and oxygen atoms in total. The quantitative estimate of drug-likeness (QED) is 0.757. The average Bonchev–Trinajstić information content (AvgIpc) is 2.89. The number of amides is 1. The number of halogens is 1. The number of benzene rings is 1. The normalized spacial score (nSPS) is 11.2. The van der Waals surface area contributed by atoms with Crippen molar-refractivity contribution >= 4 is 11.4 Å². The number of nitrogens with one attached hydrogen (secondary N) is 2. The summed E-state index contributed by atoms with van der Waals surface area (Å²) in [6, 6.07) is 4.08. The van der Waals surface area contributed by atoms with Crippen LogP contribution < -0.4 is 11.0 Å². The number of H-pyrrole nitrogens is 1. The summed E-state index contributed by atoms with van der Waals surface area (Å²) in [5.41, 5.74) is 1.74. The van der Waals surface area contributed by atoms with E-state index < -0.39 is 11.5 Å². The smallest absolute Gasteiger partial charge is 0.352 e. The number of fused-ring (bicyclic) bond motifs is 1. The highest BCUT2D eigenvalue weighted by atomic mass is 19.1. The van der Waals surface area contributed by atoms with Crippen molar-refractivity contribution in [3.05, 3.63) is 52.0 Å². The van der Waals surface area contributed by atoms with E-state index in [2.05, 4.69) is 20.6 Å². The summed E-state index contributed by atoms with van der Waals surface area (Å²) in [4.78, 5) is 24.1. The van der Waals surface area contributed by atoms with Gasteiger partial charge in [-0.2, -0.15) is 14.7 Å². The van der Waals surface area contributed by atoms with Gasteiger partial charge in [0.2, 0.25) is 0 Å². The third-order valence-electron chi connectivity index (χ3n) is 3.76. The zero-order chi connectivity index (χ0) is 18.1. The third kappa shape index (κ3) is 3.28. The van der Waals surface area contributed by atoms with E-state index in [1.54, 1.807) is 13.0 Å². The van der Waals surface area contributed by atoms with E-state index in [4.69, 9.17) is 0 Å². The Labute approximate surface area is 142 Å². The van der Waals surface area contributed by atoms with E-state index in [0.29, 0.717) is 28.9 Å². The molecule has 0 spiro atoms. The van der Waals surface area contributed by atoms with Crippen molar-refractivity contribution in [1.29, 1.82) is 0 Å². The van der Waals surface area contributed by atoms with Crippen LogP contribution >= 0.6 is 0 Å². The van der Waals surface area contributed by atoms with Crippen LogP contribution in [0.4, 0.5) is 4.39 Å². The van der Waals surface area contributed by atoms with Crippen LogP contribution in [0.3, 0.4) is 0 Å². The van der Waals surface area contributed by atoms with Crippen LogP contribution in [0, 0.1) is 18.7 Å². The first-order chi connectivity index (χ1) is 11.9. The number of aromatic nitrogens is 4. The number of aromatic amines is 1. The largest absolute Gasteiger partial charge is 0.363 e. The van der Waals surface area contributed by atoms with Gasteiger partial charge in [-0.3, -0.25) is 4.79 Å². The SMILES string of the molecule is Cc1nn2c(=O)[nH]ncc2c1-c1cc(F)cc(C(=O)NCC(C)C)c1. The van der Waals surface area contributed by atoms with Gasteiger partial charge in [0.25, 0.3) is 5.91 Å². The number of hydrogen-bond acceptors (Lipinski definition) is 4. The summed E-state index contributed by atoms with van der Waals surface area (Å²) in [5, 5.41) is 13.0. The predicted octanol–water partition coefficient (Wildman–Crippen LogP) is 1.92. The van der Waals surface area contributed by atoms with Gasteiger partial charge in [0.05, 0.1) is 11.9 Å². The molecule has 1 aromatic carbocycles. The first-order valence-corrected chi connectivity index (χ1v) is 7.89. The molecule has 0 aliphatic carbocycles. The molecule has 0 unspecified atom stereocenters. The minimum Gasteiger partial charge on any atom is -0.352 e. The molecular weight excluding hydrogens is 325 g/mol. The Morgan fingerprint density at radius 3 is 2.84 bits per heavy atom. The van der Waals surface area contributed by atoms with Crippen molar-refractivity contribution in [2.24, 2.45) is 5.92 Å². The van der Waals surface area contributed by atoms with Gasteiger partial charge in [-0.1, -0.05) is 13.8 Å². The Bertz CT molecular complexity index is 1010. The van der Waals surface area contributed by atoms with Crippen LogP contribution in [0.5, 0.6) is 0 Å². The van der Waals surface area contributed by atoms with Gasteiger partial charge in [-0.05, 0) is 36.6 Å². The maximum atomic E-state index is 14.1. The second-order valence-corrected chi connectivity index (χ2v) is 6.27. The molecule has 2 heterocycles.